The first-order valence-corrected chi connectivity index (χ1v) is 12.5. The number of fused-ring (bicyclic) bond motifs is 1. The monoisotopic (exact) mass is 480 g/mol. The smallest absolute Gasteiger partial charge is 0.255 e. The first-order valence-electron chi connectivity index (χ1n) is 12.5. The van der Waals surface area contributed by atoms with Gasteiger partial charge in [-0.3, -0.25) is 24.6 Å². The van der Waals surface area contributed by atoms with E-state index in [-0.39, 0.29) is 36.1 Å². The van der Waals surface area contributed by atoms with Crippen LogP contribution in [0.25, 0.3) is 0 Å². The van der Waals surface area contributed by atoms with Gasteiger partial charge in [-0.25, -0.2) is 4.39 Å². The largest absolute Gasteiger partial charge is 0.361 e. The van der Waals surface area contributed by atoms with Crippen LogP contribution < -0.4 is 5.32 Å². The zero-order valence-electron chi connectivity index (χ0n) is 20.6. The second-order valence-corrected chi connectivity index (χ2v) is 11.1. The number of hydrogen-bond donors (Lipinski definition) is 2. The Morgan fingerprint density at radius 1 is 1.06 bits per heavy atom. The summed E-state index contributed by atoms with van der Waals surface area (Å²) in [5, 5.41) is 2.32. The zero-order chi connectivity index (χ0) is 24.9. The van der Waals surface area contributed by atoms with Gasteiger partial charge < -0.3 is 9.88 Å². The number of likely N-dealkylation sites (tertiary alicyclic amines) is 1. The number of hydrogen-bond acceptors (Lipinski definition) is 4. The van der Waals surface area contributed by atoms with Crippen molar-refractivity contribution in [2.45, 2.75) is 76.9 Å². The van der Waals surface area contributed by atoms with Crippen molar-refractivity contribution < 1.29 is 18.8 Å². The Bertz CT molecular complexity index is 1170. The number of carbonyl (C=O) groups excluding carboxylic acids is 3. The van der Waals surface area contributed by atoms with E-state index >= 15 is 0 Å². The van der Waals surface area contributed by atoms with Gasteiger partial charge in [0.15, 0.2) is 0 Å². The second-order valence-electron chi connectivity index (χ2n) is 11.1. The molecule has 0 bridgehead atoms. The number of carbonyl (C=O) groups is 3. The van der Waals surface area contributed by atoms with E-state index in [2.05, 4.69) is 48.1 Å². The summed E-state index contributed by atoms with van der Waals surface area (Å²) < 4.78 is 14.6. The number of rotatable bonds is 4. The molecule has 8 heteroatoms. The Morgan fingerprint density at radius 2 is 1.80 bits per heavy atom. The molecule has 0 radical (unpaired) electrons. The standard InChI is InChI=1S/C27H33FN4O3/c1-27(2,3)23-6-4-18(29-23)14-31-10-8-16(9-11-31)19-12-17(28)13-20-21(19)15-32(26(20)35)22-5-7-24(33)30-25(22)34/h4,6,12-13,16,22,29H,5,7-11,14-15H2,1-3H3,(H,30,33,34). The van der Waals surface area contributed by atoms with Gasteiger partial charge in [0.25, 0.3) is 5.91 Å². The lowest BCUT2D eigenvalue weighted by molar-refractivity contribution is -0.136. The summed E-state index contributed by atoms with van der Waals surface area (Å²) in [4.78, 5) is 44.5. The van der Waals surface area contributed by atoms with E-state index in [0.717, 1.165) is 43.6 Å². The maximum atomic E-state index is 14.6. The maximum absolute atomic E-state index is 14.6. The number of nitrogens with one attached hydrogen (secondary N) is 2. The summed E-state index contributed by atoms with van der Waals surface area (Å²) in [5.74, 6) is -1.34. The van der Waals surface area contributed by atoms with Crippen LogP contribution in [0.5, 0.6) is 0 Å². The van der Waals surface area contributed by atoms with Gasteiger partial charge >= 0.3 is 0 Å². The molecule has 1 atom stereocenters. The van der Waals surface area contributed by atoms with Crippen LogP contribution in [0.2, 0.25) is 0 Å². The minimum atomic E-state index is -0.691. The van der Waals surface area contributed by atoms with Crippen molar-refractivity contribution in [1.82, 2.24) is 20.1 Å². The van der Waals surface area contributed by atoms with Crippen molar-refractivity contribution in [3.63, 3.8) is 0 Å². The van der Waals surface area contributed by atoms with Gasteiger partial charge in [0.2, 0.25) is 11.8 Å². The van der Waals surface area contributed by atoms with Gasteiger partial charge in [0, 0.05) is 41.9 Å². The van der Waals surface area contributed by atoms with E-state index in [4.69, 9.17) is 0 Å². The normalized spacial score (nSPS) is 22.0. The van der Waals surface area contributed by atoms with Gasteiger partial charge in [0.05, 0.1) is 0 Å². The molecule has 1 unspecified atom stereocenters. The average Bonchev–Trinajstić information content (AvgIpc) is 3.39. The molecule has 0 aliphatic carbocycles. The summed E-state index contributed by atoms with van der Waals surface area (Å²) in [6, 6.07) is 6.48. The summed E-state index contributed by atoms with van der Waals surface area (Å²) >= 11 is 0. The Labute approximate surface area is 205 Å². The molecular formula is C27H33FN4O3. The molecule has 5 rings (SSSR count). The van der Waals surface area contributed by atoms with Gasteiger partial charge in [0.1, 0.15) is 11.9 Å². The molecule has 2 fully saturated rings. The summed E-state index contributed by atoms with van der Waals surface area (Å²) in [7, 11) is 0. The molecule has 4 heterocycles. The lowest BCUT2D eigenvalue weighted by atomic mass is 9.85. The summed E-state index contributed by atoms with van der Waals surface area (Å²) in [5.41, 5.74) is 4.58. The van der Waals surface area contributed by atoms with Crippen LogP contribution in [0.3, 0.4) is 0 Å². The van der Waals surface area contributed by atoms with E-state index < -0.39 is 17.8 Å². The maximum Gasteiger partial charge on any atom is 0.255 e. The van der Waals surface area contributed by atoms with Gasteiger partial charge in [-0.1, -0.05) is 20.8 Å². The van der Waals surface area contributed by atoms with Crippen molar-refractivity contribution in [3.8, 4) is 0 Å². The quantitative estimate of drug-likeness (QED) is 0.655. The molecule has 186 valence electrons. The zero-order valence-corrected chi connectivity index (χ0v) is 20.6. The van der Waals surface area contributed by atoms with Crippen LogP contribution in [-0.4, -0.2) is 51.6 Å². The molecule has 0 spiro atoms. The highest BCUT2D eigenvalue weighted by atomic mass is 19.1. The van der Waals surface area contributed by atoms with Crippen molar-refractivity contribution in [3.05, 3.63) is 58.2 Å². The molecule has 3 aliphatic heterocycles. The molecule has 2 saturated heterocycles. The van der Waals surface area contributed by atoms with Crippen LogP contribution in [0.15, 0.2) is 24.3 Å². The summed E-state index contributed by atoms with van der Waals surface area (Å²) in [6.45, 7) is 9.50. The van der Waals surface area contributed by atoms with Crippen LogP contribution in [0, 0.1) is 5.82 Å². The third-order valence-corrected chi connectivity index (χ3v) is 7.63. The highest BCUT2D eigenvalue weighted by Crippen LogP contribution is 2.38. The third-order valence-electron chi connectivity index (χ3n) is 7.63. The van der Waals surface area contributed by atoms with Crippen LogP contribution >= 0.6 is 0 Å². The Balaban J connectivity index is 1.28. The topological polar surface area (TPSA) is 85.5 Å². The van der Waals surface area contributed by atoms with Crippen molar-refractivity contribution in [2.24, 2.45) is 0 Å². The minimum Gasteiger partial charge on any atom is -0.361 e. The average molecular weight is 481 g/mol. The Morgan fingerprint density at radius 3 is 2.46 bits per heavy atom. The number of halogens is 1. The molecule has 35 heavy (non-hydrogen) atoms. The van der Waals surface area contributed by atoms with Gasteiger partial charge in [-0.15, -0.1) is 0 Å². The molecule has 2 N–H and O–H groups in total. The predicted molar refractivity (Wildman–Crippen MR) is 129 cm³/mol. The number of piperidine rings is 2. The van der Waals surface area contributed by atoms with Crippen molar-refractivity contribution in [2.75, 3.05) is 13.1 Å². The van der Waals surface area contributed by atoms with E-state index in [9.17, 15) is 18.8 Å². The Hall–Kier alpha value is -3.00. The fourth-order valence-electron chi connectivity index (χ4n) is 5.63. The van der Waals surface area contributed by atoms with Gasteiger partial charge in [-0.2, -0.15) is 0 Å². The van der Waals surface area contributed by atoms with E-state index in [1.54, 1.807) is 6.07 Å². The van der Waals surface area contributed by atoms with Crippen LogP contribution in [0.4, 0.5) is 4.39 Å². The number of benzene rings is 1. The highest BCUT2D eigenvalue weighted by Gasteiger charge is 2.41. The number of nitrogens with zero attached hydrogens (tertiary/aromatic N) is 2. The highest BCUT2D eigenvalue weighted by molar-refractivity contribution is 6.05. The fraction of sp³-hybridized carbons (Fsp3) is 0.519. The predicted octanol–water partition coefficient (Wildman–Crippen LogP) is 3.59. The molecule has 3 amide bonds. The van der Waals surface area contributed by atoms with Crippen LogP contribution in [0.1, 0.15) is 85.2 Å². The lowest BCUT2D eigenvalue weighted by Crippen LogP contribution is -2.52. The molecule has 3 aliphatic rings. The number of imide groups is 1. The molecule has 1 aromatic heterocycles. The number of H-pyrrole nitrogens is 1. The van der Waals surface area contributed by atoms with E-state index in [1.165, 1.54) is 22.4 Å². The number of amides is 3. The Kier molecular flexibility index (Phi) is 6.03. The molecule has 0 saturated carbocycles. The van der Waals surface area contributed by atoms with Crippen molar-refractivity contribution in [1.29, 1.82) is 0 Å². The molecule has 2 aromatic rings. The van der Waals surface area contributed by atoms with Gasteiger partial charge in [-0.05, 0) is 73.7 Å². The summed E-state index contributed by atoms with van der Waals surface area (Å²) in [6.07, 6.45) is 2.27. The second kappa shape index (κ2) is 8.90. The van der Waals surface area contributed by atoms with Crippen LogP contribution in [-0.2, 0) is 28.1 Å². The SMILES string of the molecule is CC(C)(C)c1ccc(CN2CCC(c3cc(F)cc4c3CN(C3CCC(=O)NC3=O)C4=O)CC2)[nH]1. The fourth-order valence-corrected chi connectivity index (χ4v) is 5.63. The third kappa shape index (κ3) is 4.63. The lowest BCUT2D eigenvalue weighted by Gasteiger charge is -2.33. The van der Waals surface area contributed by atoms with E-state index in [0.29, 0.717) is 12.0 Å². The minimum absolute atomic E-state index is 0.0855. The molecule has 7 nitrogen and oxygen atoms in total. The van der Waals surface area contributed by atoms with Crippen molar-refractivity contribution >= 4 is 17.7 Å². The van der Waals surface area contributed by atoms with E-state index in [1.807, 2.05) is 0 Å². The number of aromatic nitrogens is 1. The molecule has 1 aromatic carbocycles. The number of aromatic amines is 1. The molecular weight excluding hydrogens is 447 g/mol. The first kappa shape index (κ1) is 23.7. The first-order chi connectivity index (χ1) is 16.6.